The van der Waals surface area contributed by atoms with Crippen molar-refractivity contribution in [1.82, 2.24) is 4.90 Å². The largest absolute Gasteiger partial charge is 0.473 e. The monoisotopic (exact) mass is 404 g/mol. The Morgan fingerprint density at radius 1 is 1.17 bits per heavy atom. The lowest BCUT2D eigenvalue weighted by atomic mass is 9.69. The zero-order valence-electron chi connectivity index (χ0n) is 16.2. The van der Waals surface area contributed by atoms with Crippen LogP contribution in [0.1, 0.15) is 54.8 Å². The number of aliphatic carboxylic acids is 2. The molecule has 1 fully saturated rings. The number of carboxylic acid groups (broad SMARTS) is 2. The summed E-state index contributed by atoms with van der Waals surface area (Å²) in [5, 5.41) is 27.3. The number of fused-ring (bicyclic) bond motifs is 3. The fourth-order valence-electron chi connectivity index (χ4n) is 5.20. The van der Waals surface area contributed by atoms with Gasteiger partial charge in [-0.1, -0.05) is 5.16 Å². The predicted octanol–water partition coefficient (Wildman–Crippen LogP) is 2.15. The first-order chi connectivity index (χ1) is 13.9. The van der Waals surface area contributed by atoms with E-state index in [9.17, 15) is 0 Å². The van der Waals surface area contributed by atoms with Crippen LogP contribution in [0.2, 0.25) is 0 Å². The third-order valence-corrected chi connectivity index (χ3v) is 6.61. The molecule has 4 aliphatic rings. The molecule has 29 heavy (non-hydrogen) atoms. The summed E-state index contributed by atoms with van der Waals surface area (Å²) in [6, 6.07) is 2.71. The number of likely N-dealkylation sites (N-methyl/N-ethyl adjacent to an activating group) is 1. The fraction of sp³-hybridized carbons (Fsp3) is 0.550. The van der Waals surface area contributed by atoms with E-state index in [0.717, 1.165) is 62.3 Å². The van der Waals surface area contributed by atoms with E-state index in [1.807, 2.05) is 0 Å². The Morgan fingerprint density at radius 2 is 1.86 bits per heavy atom. The predicted molar refractivity (Wildman–Crippen MR) is 101 cm³/mol. The first-order valence-electron chi connectivity index (χ1n) is 9.68. The zero-order chi connectivity index (χ0) is 20.8. The molecule has 0 bridgehead atoms. The molecule has 1 spiro atoms. The maximum absolute atomic E-state index is 9.10. The SMILES string of the molecule is CN1CCc2cc3c(c4c2C1CC41CCC(=NO)CC1)OCO3.O=C(O)C(=O)O. The van der Waals surface area contributed by atoms with Crippen LogP contribution >= 0.6 is 0 Å². The lowest BCUT2D eigenvalue weighted by Gasteiger charge is -2.36. The summed E-state index contributed by atoms with van der Waals surface area (Å²) >= 11 is 0. The molecule has 0 saturated heterocycles. The molecular weight excluding hydrogens is 380 g/mol. The molecule has 0 amide bonds. The molecule has 2 heterocycles. The van der Waals surface area contributed by atoms with Crippen LogP contribution in [0, 0.1) is 0 Å². The number of hydrogen-bond donors (Lipinski definition) is 3. The van der Waals surface area contributed by atoms with Gasteiger partial charge in [0.25, 0.3) is 0 Å². The van der Waals surface area contributed by atoms with Gasteiger partial charge in [0.15, 0.2) is 11.5 Å². The topological polar surface area (TPSA) is 129 Å². The van der Waals surface area contributed by atoms with E-state index < -0.39 is 11.9 Å². The molecule has 1 saturated carbocycles. The van der Waals surface area contributed by atoms with Gasteiger partial charge in [0.2, 0.25) is 6.79 Å². The summed E-state index contributed by atoms with van der Waals surface area (Å²) in [5.74, 6) is -1.72. The highest BCUT2D eigenvalue weighted by atomic mass is 16.7. The second-order valence-corrected chi connectivity index (χ2v) is 8.07. The van der Waals surface area contributed by atoms with E-state index in [0.29, 0.717) is 12.8 Å². The van der Waals surface area contributed by atoms with E-state index in [-0.39, 0.29) is 5.41 Å². The fourth-order valence-corrected chi connectivity index (χ4v) is 5.20. The van der Waals surface area contributed by atoms with Crippen LogP contribution < -0.4 is 9.47 Å². The molecule has 5 rings (SSSR count). The van der Waals surface area contributed by atoms with E-state index in [2.05, 4.69) is 23.2 Å². The number of rotatable bonds is 0. The molecule has 9 heteroatoms. The second-order valence-electron chi connectivity index (χ2n) is 8.07. The van der Waals surface area contributed by atoms with Gasteiger partial charge in [0.1, 0.15) is 0 Å². The van der Waals surface area contributed by atoms with Crippen molar-refractivity contribution in [3.63, 3.8) is 0 Å². The molecule has 2 aliphatic heterocycles. The number of ether oxygens (including phenoxy) is 2. The van der Waals surface area contributed by atoms with Crippen LogP contribution in [-0.4, -0.2) is 58.4 Å². The Balaban J connectivity index is 0.000000302. The normalized spacial score (nSPS) is 26.5. The minimum atomic E-state index is -1.82. The highest BCUT2D eigenvalue weighted by Gasteiger charge is 2.51. The molecule has 0 aromatic heterocycles. The minimum Gasteiger partial charge on any atom is -0.473 e. The van der Waals surface area contributed by atoms with Crippen LogP contribution in [0.5, 0.6) is 11.5 Å². The van der Waals surface area contributed by atoms with Gasteiger partial charge < -0.3 is 24.9 Å². The minimum absolute atomic E-state index is 0.153. The van der Waals surface area contributed by atoms with Gasteiger partial charge in [-0.25, -0.2) is 9.59 Å². The third kappa shape index (κ3) is 3.19. The van der Waals surface area contributed by atoms with Gasteiger partial charge in [-0.15, -0.1) is 0 Å². The van der Waals surface area contributed by atoms with Gasteiger partial charge in [-0.05, 0) is 62.8 Å². The van der Waals surface area contributed by atoms with Crippen molar-refractivity contribution in [2.45, 2.75) is 50.0 Å². The average Bonchev–Trinajstić information content (AvgIpc) is 3.29. The summed E-state index contributed by atoms with van der Waals surface area (Å²) in [7, 11) is 2.24. The lowest BCUT2D eigenvalue weighted by molar-refractivity contribution is -0.159. The highest BCUT2D eigenvalue weighted by molar-refractivity contribution is 6.27. The van der Waals surface area contributed by atoms with Gasteiger partial charge in [0, 0.05) is 23.6 Å². The van der Waals surface area contributed by atoms with Gasteiger partial charge in [-0.2, -0.15) is 0 Å². The van der Waals surface area contributed by atoms with Crippen molar-refractivity contribution >= 4 is 17.7 Å². The van der Waals surface area contributed by atoms with Crippen LogP contribution in [0.25, 0.3) is 0 Å². The Bertz CT molecular complexity index is 873. The van der Waals surface area contributed by atoms with Crippen molar-refractivity contribution in [2.24, 2.45) is 5.16 Å². The zero-order valence-corrected chi connectivity index (χ0v) is 16.2. The van der Waals surface area contributed by atoms with Crippen molar-refractivity contribution < 1.29 is 34.5 Å². The van der Waals surface area contributed by atoms with Crippen molar-refractivity contribution in [3.8, 4) is 11.5 Å². The Hall–Kier alpha value is -2.81. The summed E-state index contributed by atoms with van der Waals surface area (Å²) < 4.78 is 11.6. The molecule has 1 aromatic carbocycles. The molecule has 1 aromatic rings. The van der Waals surface area contributed by atoms with Crippen LogP contribution in [-0.2, 0) is 21.4 Å². The van der Waals surface area contributed by atoms with E-state index in [4.69, 9.17) is 34.5 Å². The number of benzene rings is 1. The smallest absolute Gasteiger partial charge is 0.414 e. The standard InChI is InChI=1S/C18H22N2O3.C2H2O4/c1-20-7-4-11-8-14-17(23-10-22-14)16-15(11)13(20)9-18(16)5-2-12(19-21)3-6-18;3-1(4)2(5)6/h8,13,21H,2-7,9-10H2,1H3;(H,3,4)(H,5,6). The third-order valence-electron chi connectivity index (χ3n) is 6.61. The number of oxime groups is 1. The molecule has 2 aliphatic carbocycles. The Morgan fingerprint density at radius 3 is 2.48 bits per heavy atom. The second kappa shape index (κ2) is 7.22. The molecule has 1 unspecified atom stereocenters. The van der Waals surface area contributed by atoms with E-state index in [1.165, 1.54) is 16.7 Å². The van der Waals surface area contributed by atoms with Gasteiger partial charge in [0.05, 0.1) is 5.71 Å². The van der Waals surface area contributed by atoms with E-state index in [1.54, 1.807) is 0 Å². The number of carboxylic acids is 2. The van der Waals surface area contributed by atoms with E-state index >= 15 is 0 Å². The first-order valence-corrected chi connectivity index (χ1v) is 9.68. The summed E-state index contributed by atoms with van der Waals surface area (Å²) in [4.78, 5) is 20.7. The number of nitrogens with zero attached hydrogens (tertiary/aromatic N) is 2. The summed E-state index contributed by atoms with van der Waals surface area (Å²) in [5.41, 5.74) is 5.46. The first kappa shape index (κ1) is 19.5. The summed E-state index contributed by atoms with van der Waals surface area (Å²) in [6.07, 6.45) is 6.10. The average molecular weight is 404 g/mol. The van der Waals surface area contributed by atoms with Crippen molar-refractivity contribution in [3.05, 3.63) is 22.8 Å². The van der Waals surface area contributed by atoms with Crippen molar-refractivity contribution in [2.75, 3.05) is 20.4 Å². The molecular formula is C20H24N2O7. The molecule has 1 atom stereocenters. The maximum atomic E-state index is 9.10. The number of carbonyl (C=O) groups is 2. The maximum Gasteiger partial charge on any atom is 0.414 e. The molecule has 3 N–H and O–H groups in total. The molecule has 156 valence electrons. The lowest BCUT2D eigenvalue weighted by Crippen LogP contribution is -2.33. The van der Waals surface area contributed by atoms with Crippen LogP contribution in [0.3, 0.4) is 0 Å². The van der Waals surface area contributed by atoms with Gasteiger partial charge >= 0.3 is 11.9 Å². The highest BCUT2D eigenvalue weighted by Crippen LogP contribution is 2.61. The number of hydrogen-bond acceptors (Lipinski definition) is 7. The van der Waals surface area contributed by atoms with Gasteiger partial charge in [-0.3, -0.25) is 4.90 Å². The Labute approximate surface area is 167 Å². The summed E-state index contributed by atoms with van der Waals surface area (Å²) in [6.45, 7) is 1.45. The quantitative estimate of drug-likeness (QED) is 0.341. The van der Waals surface area contributed by atoms with Crippen LogP contribution in [0.15, 0.2) is 11.2 Å². The van der Waals surface area contributed by atoms with Crippen LogP contribution in [0.4, 0.5) is 0 Å². The Kier molecular flexibility index (Phi) is 4.85. The van der Waals surface area contributed by atoms with Crippen molar-refractivity contribution in [1.29, 1.82) is 0 Å². The molecule has 0 radical (unpaired) electrons. The molecule has 9 nitrogen and oxygen atoms in total.